The average Bonchev–Trinajstić information content (AvgIpc) is 3.13. The SMILES string of the molecule is C.C.C.C.C.C.C.CC(C)CC(C)OC(C)C.CC(C)CCC(C)(C)OC(C)C.CC(C)OC(C)(C)OC(C)C.CC(C)OC(F)(F)OC(C)C.CC(C)OCCN(C)C(C)C.CC(C)OCCOC(C)C.CC(C)OCOC(C)C. The Bertz CT molecular complexity index is 1040. The third-order valence-electron chi connectivity index (χ3n) is 8.54. The second-order valence-electron chi connectivity index (χ2n) is 23.9. The maximum atomic E-state index is 12.5. The van der Waals surface area contributed by atoms with Crippen molar-refractivity contribution < 1.29 is 60.9 Å². The third-order valence-corrected chi connectivity index (χ3v) is 8.54. The van der Waals surface area contributed by atoms with Crippen molar-refractivity contribution in [1.82, 2.24) is 4.90 Å². The van der Waals surface area contributed by atoms with E-state index < -0.39 is 24.3 Å². The summed E-state index contributed by atoms with van der Waals surface area (Å²) in [4.78, 5) is 2.28. The number of nitrogens with zero attached hydrogens (tertiary/aromatic N) is 1. The van der Waals surface area contributed by atoms with Crippen LogP contribution in [0.2, 0.25) is 0 Å². The summed E-state index contributed by atoms with van der Waals surface area (Å²) in [5.41, 5.74) is 0.0540. The van der Waals surface area contributed by atoms with E-state index in [0.717, 1.165) is 37.8 Å². The molecule has 0 radical (unpaired) electrons. The van der Waals surface area contributed by atoms with Gasteiger partial charge in [-0.05, 0) is 239 Å². The minimum atomic E-state index is -3.46. The molecule has 0 saturated heterocycles. The van der Waals surface area contributed by atoms with Crippen LogP contribution in [0.4, 0.5) is 8.78 Å². The maximum absolute atomic E-state index is 12.5. The van der Waals surface area contributed by atoms with Crippen LogP contribution < -0.4 is 0 Å². The lowest BCUT2D eigenvalue weighted by molar-refractivity contribution is -0.412. The average molecular weight is 1200 g/mol. The molecular formula is C67H161F2NO11. The standard InChI is InChI=1S/C11H24O.C9H21NO.C9H20O2.C9H20O.C8H18O2.C7H14F2O2.C7H16O2.7CH4/c1-9(2)7-8-11(5,6)12-10(3)4;1-8(2)10(5)6-7-11-9(3)4;1-7(2)10-9(5,6)11-8(3)4;1-7(2)6-9(5)10-8(3)4;1-7(2)9-5-6-10-8(3)4;1-5(2)10-7(8,9)11-6(3)4;1-6(2)8-5-9-7(3)4;;;;;;;/h9-10H,7-8H2,1-6H3;8-9H,6-7H2,1-5H3;7-8H,1-6H3;7-9H,6H2,1-5H3;7-8H,5-6H2,1-4H3;5-6H,1-4H3;6-7H,5H2,1-4H3;7*1H4. The zero-order valence-corrected chi connectivity index (χ0v) is 55.5. The molecule has 81 heavy (non-hydrogen) atoms. The molecule has 1 atom stereocenters. The minimum Gasteiger partial charge on any atom is -0.377 e. The summed E-state index contributed by atoms with van der Waals surface area (Å²) < 4.78 is 82.0. The van der Waals surface area contributed by atoms with Gasteiger partial charge in [0.05, 0.1) is 98.7 Å². The van der Waals surface area contributed by atoms with E-state index in [1.54, 1.807) is 0 Å². The molecule has 0 aromatic rings. The topological polar surface area (TPSA) is 105 Å². The summed E-state index contributed by atoms with van der Waals surface area (Å²) in [5, 5.41) is 0. The number of halogens is 2. The Labute approximate surface area is 512 Å². The second-order valence-corrected chi connectivity index (χ2v) is 23.9. The van der Waals surface area contributed by atoms with Gasteiger partial charge in [-0.15, -0.1) is 8.78 Å². The van der Waals surface area contributed by atoms with Crippen LogP contribution in [-0.4, -0.2) is 142 Å². The van der Waals surface area contributed by atoms with Crippen LogP contribution in [-0.2, 0) is 52.1 Å². The van der Waals surface area contributed by atoms with Crippen molar-refractivity contribution in [2.45, 2.75) is 397 Å². The zero-order chi connectivity index (χ0) is 60.2. The van der Waals surface area contributed by atoms with Gasteiger partial charge < -0.3 is 47.5 Å². The number of hydrogen-bond donors (Lipinski definition) is 0. The van der Waals surface area contributed by atoms with E-state index in [2.05, 4.69) is 125 Å². The van der Waals surface area contributed by atoms with E-state index >= 15 is 0 Å². The van der Waals surface area contributed by atoms with Crippen molar-refractivity contribution >= 4 is 0 Å². The summed E-state index contributed by atoms with van der Waals surface area (Å²) in [6, 6.07) is 0.616. The van der Waals surface area contributed by atoms with Crippen molar-refractivity contribution in [1.29, 1.82) is 0 Å². The predicted octanol–water partition coefficient (Wildman–Crippen LogP) is 21.3. The lowest BCUT2D eigenvalue weighted by atomic mass is 9.97. The zero-order valence-electron chi connectivity index (χ0n) is 55.5. The van der Waals surface area contributed by atoms with Gasteiger partial charge in [-0.25, -0.2) is 0 Å². The molecular weight excluding hydrogens is 1030 g/mol. The molecule has 0 fully saturated rings. The van der Waals surface area contributed by atoms with E-state index in [4.69, 9.17) is 42.6 Å². The van der Waals surface area contributed by atoms with Crippen LogP contribution >= 0.6 is 0 Å². The molecule has 0 N–H and O–H groups in total. The molecule has 0 aliphatic heterocycles. The summed E-state index contributed by atoms with van der Waals surface area (Å²) >= 11 is 0. The molecule has 0 heterocycles. The Morgan fingerprint density at radius 1 is 0.358 bits per heavy atom. The van der Waals surface area contributed by atoms with Gasteiger partial charge in [0, 0.05) is 12.6 Å². The minimum absolute atomic E-state index is 0. The highest BCUT2D eigenvalue weighted by Gasteiger charge is 2.34. The molecule has 0 aromatic heterocycles. The highest BCUT2D eigenvalue weighted by molar-refractivity contribution is 4.70. The molecule has 0 aliphatic carbocycles. The van der Waals surface area contributed by atoms with E-state index in [9.17, 15) is 8.78 Å². The lowest BCUT2D eigenvalue weighted by Gasteiger charge is -2.29. The number of likely N-dealkylation sites (N-methyl/N-ethyl adjacent to an activating group) is 1. The van der Waals surface area contributed by atoms with Crippen LogP contribution in [0.5, 0.6) is 0 Å². The van der Waals surface area contributed by atoms with Gasteiger partial charge in [-0.2, -0.15) is 0 Å². The Balaban J connectivity index is -0.0000000532. The van der Waals surface area contributed by atoms with Crippen LogP contribution in [0.3, 0.4) is 0 Å². The van der Waals surface area contributed by atoms with E-state index in [1.807, 2.05) is 96.9 Å². The number of rotatable bonds is 31. The molecule has 0 bridgehead atoms. The first-order valence-corrected chi connectivity index (χ1v) is 28.5. The van der Waals surface area contributed by atoms with Crippen LogP contribution in [0, 0.1) is 11.8 Å². The molecule has 0 spiro atoms. The van der Waals surface area contributed by atoms with Gasteiger partial charge in [-0.3, -0.25) is 9.47 Å². The van der Waals surface area contributed by atoms with Gasteiger partial charge in [0.15, 0.2) is 5.79 Å². The normalized spacial score (nSPS) is 11.6. The first kappa shape index (κ1) is 115. The quantitative estimate of drug-likeness (QED) is 0.0488. The highest BCUT2D eigenvalue weighted by atomic mass is 19.3. The van der Waals surface area contributed by atoms with Crippen molar-refractivity contribution in [3.8, 4) is 0 Å². The molecule has 514 valence electrons. The van der Waals surface area contributed by atoms with Gasteiger partial charge in [0.25, 0.3) is 0 Å². The van der Waals surface area contributed by atoms with Gasteiger partial charge in [0.2, 0.25) is 0 Å². The maximum Gasteiger partial charge on any atom is 0.485 e. The Morgan fingerprint density at radius 2 is 0.654 bits per heavy atom. The Hall–Kier alpha value is -0.620. The van der Waals surface area contributed by atoms with Gasteiger partial charge in [0.1, 0.15) is 6.79 Å². The first-order chi connectivity index (χ1) is 33.3. The molecule has 1 unspecified atom stereocenters. The fourth-order valence-electron chi connectivity index (χ4n) is 5.83. The summed E-state index contributed by atoms with van der Waals surface area (Å²) in [7, 11) is 2.12. The van der Waals surface area contributed by atoms with E-state index in [0.29, 0.717) is 62.7 Å². The molecule has 0 aliphatic rings. The molecule has 0 aromatic carbocycles. The van der Waals surface area contributed by atoms with Gasteiger partial charge >= 0.3 is 6.29 Å². The Kier molecular flexibility index (Phi) is 97.2. The molecule has 14 heteroatoms. The fraction of sp³-hybridized carbons (Fsp3) is 1.00. The lowest BCUT2D eigenvalue weighted by Crippen LogP contribution is -2.33. The first-order valence-electron chi connectivity index (χ1n) is 28.5. The van der Waals surface area contributed by atoms with E-state index in [-0.39, 0.29) is 82.0 Å². The predicted molar refractivity (Wildman–Crippen MR) is 359 cm³/mol. The molecule has 0 saturated carbocycles. The number of ether oxygens (including phenoxy) is 11. The highest BCUT2D eigenvalue weighted by Crippen LogP contribution is 2.22. The van der Waals surface area contributed by atoms with Crippen molar-refractivity contribution in [2.24, 2.45) is 11.8 Å². The largest absolute Gasteiger partial charge is 0.485 e. The van der Waals surface area contributed by atoms with Crippen LogP contribution in [0.25, 0.3) is 0 Å². The summed E-state index contributed by atoms with van der Waals surface area (Å²) in [6.45, 7) is 70.0. The van der Waals surface area contributed by atoms with E-state index in [1.165, 1.54) is 34.1 Å². The monoisotopic (exact) mass is 1190 g/mol. The van der Waals surface area contributed by atoms with Crippen LogP contribution in [0.15, 0.2) is 0 Å². The Morgan fingerprint density at radius 3 is 0.889 bits per heavy atom. The van der Waals surface area contributed by atoms with Crippen molar-refractivity contribution in [2.75, 3.05) is 40.2 Å². The molecule has 12 nitrogen and oxygen atoms in total. The third kappa shape index (κ3) is 126. The van der Waals surface area contributed by atoms with Crippen LogP contribution in [0.1, 0.15) is 300 Å². The molecule has 0 rings (SSSR count). The second kappa shape index (κ2) is 68.5. The number of alkyl halides is 2. The summed E-state index contributed by atoms with van der Waals surface area (Å²) in [6.07, 6.45) is 2.11. The van der Waals surface area contributed by atoms with Crippen molar-refractivity contribution in [3.05, 3.63) is 0 Å². The van der Waals surface area contributed by atoms with Gasteiger partial charge in [-0.1, -0.05) is 79.7 Å². The van der Waals surface area contributed by atoms with Crippen molar-refractivity contribution in [3.63, 3.8) is 0 Å². The fourth-order valence-corrected chi connectivity index (χ4v) is 5.83. The smallest absolute Gasteiger partial charge is 0.377 e. The summed E-state index contributed by atoms with van der Waals surface area (Å²) in [5.74, 6) is 1.07. The number of hydrogen-bond acceptors (Lipinski definition) is 12. The molecule has 0 amide bonds.